The number of aromatic nitrogens is 4. The van der Waals surface area contributed by atoms with Crippen LogP contribution in [-0.2, 0) is 20.5 Å². The highest BCUT2D eigenvalue weighted by Crippen LogP contribution is 2.14. The molecule has 92 valence electrons. The lowest BCUT2D eigenvalue weighted by molar-refractivity contribution is 0.373. The van der Waals surface area contributed by atoms with Crippen LogP contribution in [0.5, 0.6) is 5.88 Å². The van der Waals surface area contributed by atoms with Crippen LogP contribution < -0.4 is 10.1 Å². The van der Waals surface area contributed by atoms with Gasteiger partial charge in [0, 0.05) is 32.9 Å². The molecule has 0 aliphatic carbocycles. The molecule has 0 aliphatic heterocycles. The highest BCUT2D eigenvalue weighted by molar-refractivity contribution is 5.38. The van der Waals surface area contributed by atoms with Gasteiger partial charge < -0.3 is 10.1 Å². The lowest BCUT2D eigenvalue weighted by Gasteiger charge is -1.99. The van der Waals surface area contributed by atoms with E-state index in [1.807, 2.05) is 32.6 Å². The molecular weight excluding hydrogens is 218 g/mol. The molecule has 0 aromatic carbocycles. The maximum absolute atomic E-state index is 5.14. The number of hydrogen-bond acceptors (Lipinski definition) is 4. The first kappa shape index (κ1) is 11.5. The summed E-state index contributed by atoms with van der Waals surface area (Å²) < 4.78 is 8.65. The number of nitrogens with one attached hydrogen (secondary N) is 1. The van der Waals surface area contributed by atoms with Crippen molar-refractivity contribution >= 4 is 5.82 Å². The largest absolute Gasteiger partial charge is 0.481 e. The Morgan fingerprint density at radius 1 is 1.41 bits per heavy atom. The number of rotatable bonds is 5. The third kappa shape index (κ3) is 2.77. The summed E-state index contributed by atoms with van der Waals surface area (Å²) in [4.78, 5) is 0. The van der Waals surface area contributed by atoms with E-state index < -0.39 is 0 Å². The van der Waals surface area contributed by atoms with Gasteiger partial charge in [-0.15, -0.1) is 0 Å². The van der Waals surface area contributed by atoms with Gasteiger partial charge in [0.25, 0.3) is 0 Å². The van der Waals surface area contributed by atoms with E-state index in [9.17, 15) is 0 Å². The number of hydrogen-bond donors (Lipinski definition) is 1. The van der Waals surface area contributed by atoms with Gasteiger partial charge in [0.1, 0.15) is 0 Å². The summed E-state index contributed by atoms with van der Waals surface area (Å²) in [6, 6.07) is 1.88. The SMILES string of the molecule is COc1cc(NCCc2cnn(C)c2)nn1C. The van der Waals surface area contributed by atoms with E-state index in [2.05, 4.69) is 15.5 Å². The van der Waals surface area contributed by atoms with Crippen LogP contribution >= 0.6 is 0 Å². The van der Waals surface area contributed by atoms with Crippen molar-refractivity contribution in [3.8, 4) is 5.88 Å². The first-order chi connectivity index (χ1) is 8.19. The first-order valence-electron chi connectivity index (χ1n) is 5.48. The standard InChI is InChI=1S/C11H17N5O/c1-15-8-9(7-13-15)4-5-12-10-6-11(17-3)16(2)14-10/h6-8H,4-5H2,1-3H3,(H,12,14). The second kappa shape index (κ2) is 4.90. The van der Waals surface area contributed by atoms with Crippen molar-refractivity contribution in [2.75, 3.05) is 19.0 Å². The lowest BCUT2D eigenvalue weighted by atomic mass is 10.2. The summed E-state index contributed by atoms with van der Waals surface area (Å²) in [5.41, 5.74) is 1.21. The summed E-state index contributed by atoms with van der Waals surface area (Å²) in [6.07, 6.45) is 4.81. The van der Waals surface area contributed by atoms with E-state index in [0.717, 1.165) is 24.7 Å². The zero-order valence-corrected chi connectivity index (χ0v) is 10.3. The minimum atomic E-state index is 0.744. The Morgan fingerprint density at radius 2 is 2.24 bits per heavy atom. The van der Waals surface area contributed by atoms with E-state index in [-0.39, 0.29) is 0 Å². The van der Waals surface area contributed by atoms with E-state index in [4.69, 9.17) is 4.74 Å². The highest BCUT2D eigenvalue weighted by Gasteiger charge is 2.04. The molecule has 0 radical (unpaired) electrons. The van der Waals surface area contributed by atoms with Crippen LogP contribution in [0.2, 0.25) is 0 Å². The van der Waals surface area contributed by atoms with Crippen LogP contribution in [0.3, 0.4) is 0 Å². The topological polar surface area (TPSA) is 56.9 Å². The van der Waals surface area contributed by atoms with Gasteiger partial charge in [-0.25, -0.2) is 4.68 Å². The van der Waals surface area contributed by atoms with Crippen molar-refractivity contribution in [2.24, 2.45) is 14.1 Å². The number of ether oxygens (including phenoxy) is 1. The quantitative estimate of drug-likeness (QED) is 0.833. The van der Waals surface area contributed by atoms with Crippen molar-refractivity contribution < 1.29 is 4.74 Å². The molecule has 1 N–H and O–H groups in total. The van der Waals surface area contributed by atoms with E-state index in [0.29, 0.717) is 0 Å². The molecule has 0 fully saturated rings. The molecule has 0 saturated heterocycles. The number of aryl methyl sites for hydroxylation is 2. The molecule has 0 spiro atoms. The maximum Gasteiger partial charge on any atom is 0.213 e. The molecule has 6 nitrogen and oxygen atoms in total. The van der Waals surface area contributed by atoms with Gasteiger partial charge in [-0.1, -0.05) is 0 Å². The highest BCUT2D eigenvalue weighted by atomic mass is 16.5. The summed E-state index contributed by atoms with van der Waals surface area (Å²) >= 11 is 0. The van der Waals surface area contributed by atoms with Gasteiger partial charge in [0.2, 0.25) is 5.88 Å². The normalized spacial score (nSPS) is 10.5. The minimum Gasteiger partial charge on any atom is -0.481 e. The van der Waals surface area contributed by atoms with Crippen molar-refractivity contribution in [1.29, 1.82) is 0 Å². The fourth-order valence-electron chi connectivity index (χ4n) is 1.66. The third-order valence-corrected chi connectivity index (χ3v) is 2.52. The Kier molecular flexibility index (Phi) is 3.32. The predicted molar refractivity (Wildman–Crippen MR) is 65.2 cm³/mol. The molecule has 0 unspecified atom stereocenters. The molecule has 6 heteroatoms. The van der Waals surface area contributed by atoms with Crippen molar-refractivity contribution in [1.82, 2.24) is 19.6 Å². The molecule has 0 amide bonds. The lowest BCUT2D eigenvalue weighted by Crippen LogP contribution is -2.05. The molecule has 2 aromatic heterocycles. The van der Waals surface area contributed by atoms with Crippen LogP contribution in [0.4, 0.5) is 5.82 Å². The average molecular weight is 235 g/mol. The third-order valence-electron chi connectivity index (χ3n) is 2.52. The van der Waals surface area contributed by atoms with Crippen LogP contribution in [0.15, 0.2) is 18.5 Å². The van der Waals surface area contributed by atoms with Crippen LogP contribution in [0.25, 0.3) is 0 Å². The summed E-state index contributed by atoms with van der Waals surface area (Å²) in [7, 11) is 5.40. The van der Waals surface area contributed by atoms with E-state index in [1.165, 1.54) is 5.56 Å². The minimum absolute atomic E-state index is 0.744. The fourth-order valence-corrected chi connectivity index (χ4v) is 1.66. The molecular formula is C11H17N5O. The summed E-state index contributed by atoms with van der Waals surface area (Å²) in [5, 5.41) is 11.6. The zero-order chi connectivity index (χ0) is 12.3. The van der Waals surface area contributed by atoms with Crippen molar-refractivity contribution in [3.05, 3.63) is 24.0 Å². The Morgan fingerprint density at radius 3 is 2.82 bits per heavy atom. The number of methoxy groups -OCH3 is 1. The van der Waals surface area contributed by atoms with Crippen LogP contribution in [0.1, 0.15) is 5.56 Å². The average Bonchev–Trinajstić information content (AvgIpc) is 2.85. The molecule has 0 aliphatic rings. The molecule has 2 aromatic rings. The Labute approximate surface area is 100 Å². The van der Waals surface area contributed by atoms with E-state index >= 15 is 0 Å². The monoisotopic (exact) mass is 235 g/mol. The van der Waals surface area contributed by atoms with E-state index in [1.54, 1.807) is 16.5 Å². The Bertz CT molecular complexity index is 488. The van der Waals surface area contributed by atoms with Gasteiger partial charge in [0.05, 0.1) is 13.3 Å². The Hall–Kier alpha value is -1.98. The van der Waals surface area contributed by atoms with Gasteiger partial charge >= 0.3 is 0 Å². The smallest absolute Gasteiger partial charge is 0.213 e. The molecule has 0 saturated carbocycles. The number of anilines is 1. The van der Waals surface area contributed by atoms with Gasteiger partial charge in [-0.05, 0) is 12.0 Å². The molecule has 2 heterocycles. The molecule has 2 rings (SSSR count). The van der Waals surface area contributed by atoms with Crippen molar-refractivity contribution in [3.63, 3.8) is 0 Å². The molecule has 0 bridgehead atoms. The van der Waals surface area contributed by atoms with Gasteiger partial charge in [0.15, 0.2) is 5.82 Å². The number of nitrogens with zero attached hydrogens (tertiary/aromatic N) is 4. The first-order valence-corrected chi connectivity index (χ1v) is 5.48. The second-order valence-electron chi connectivity index (χ2n) is 3.89. The summed E-state index contributed by atoms with van der Waals surface area (Å²) in [6.45, 7) is 0.825. The Balaban J connectivity index is 1.85. The van der Waals surface area contributed by atoms with Crippen LogP contribution in [0, 0.1) is 0 Å². The summed E-state index contributed by atoms with van der Waals surface area (Å²) in [5.74, 6) is 1.57. The van der Waals surface area contributed by atoms with Crippen molar-refractivity contribution in [2.45, 2.75) is 6.42 Å². The predicted octanol–water partition coefficient (Wildman–Crippen LogP) is 0.817. The zero-order valence-electron chi connectivity index (χ0n) is 10.3. The molecule has 17 heavy (non-hydrogen) atoms. The second-order valence-corrected chi connectivity index (χ2v) is 3.89. The maximum atomic E-state index is 5.14. The fraction of sp³-hybridized carbons (Fsp3) is 0.455. The van der Waals surface area contributed by atoms with Gasteiger partial charge in [-0.2, -0.15) is 10.2 Å². The van der Waals surface area contributed by atoms with Gasteiger partial charge in [-0.3, -0.25) is 4.68 Å². The molecule has 0 atom stereocenters. The van der Waals surface area contributed by atoms with Crippen LogP contribution in [-0.4, -0.2) is 33.2 Å².